The standard InChI is InChI=1S/C15H9Cl2NO3/c1-8-11(15(19)21-18-8)7-10-3-5-14(20-10)12-6-9(16)2-4-13(12)17/h2-7,18H,1H2/b11-7-. The van der Waals surface area contributed by atoms with Gasteiger partial charge in [-0.15, -0.1) is 0 Å². The molecule has 21 heavy (non-hydrogen) atoms. The Morgan fingerprint density at radius 2 is 2.00 bits per heavy atom. The fourth-order valence-electron chi connectivity index (χ4n) is 1.89. The average molecular weight is 322 g/mol. The molecule has 0 aliphatic heterocycles. The van der Waals surface area contributed by atoms with Gasteiger partial charge in [0, 0.05) is 10.6 Å². The zero-order valence-electron chi connectivity index (χ0n) is 10.7. The van der Waals surface area contributed by atoms with Gasteiger partial charge < -0.3 is 8.94 Å². The highest BCUT2D eigenvalue weighted by Gasteiger charge is 2.09. The van der Waals surface area contributed by atoms with Gasteiger partial charge in [-0.05, 0) is 36.4 Å². The van der Waals surface area contributed by atoms with Crippen molar-refractivity contribution in [1.82, 2.24) is 5.16 Å². The van der Waals surface area contributed by atoms with Crippen molar-refractivity contribution in [3.63, 3.8) is 0 Å². The molecule has 3 rings (SSSR count). The van der Waals surface area contributed by atoms with Crippen LogP contribution in [0.15, 0.2) is 44.1 Å². The van der Waals surface area contributed by atoms with E-state index in [0.29, 0.717) is 37.7 Å². The minimum absolute atomic E-state index is 0.313. The molecule has 0 fully saturated rings. The van der Waals surface area contributed by atoms with Crippen LogP contribution in [-0.4, -0.2) is 5.16 Å². The molecule has 6 heteroatoms. The molecular weight excluding hydrogens is 313 g/mol. The fourth-order valence-corrected chi connectivity index (χ4v) is 2.27. The summed E-state index contributed by atoms with van der Waals surface area (Å²) in [7, 11) is 0. The summed E-state index contributed by atoms with van der Waals surface area (Å²) in [5, 5.41) is 4.19. The average Bonchev–Trinajstić information content (AvgIpc) is 3.04. The predicted molar refractivity (Wildman–Crippen MR) is 81.8 cm³/mol. The van der Waals surface area contributed by atoms with Gasteiger partial charge in [-0.2, -0.15) is 0 Å². The molecule has 2 aromatic heterocycles. The molecule has 0 atom stereocenters. The number of aromatic amines is 1. The van der Waals surface area contributed by atoms with E-state index in [9.17, 15) is 4.79 Å². The lowest BCUT2D eigenvalue weighted by molar-refractivity contribution is 0.386. The maximum absolute atomic E-state index is 11.5. The second-order valence-electron chi connectivity index (χ2n) is 4.35. The Morgan fingerprint density at radius 3 is 2.71 bits per heavy atom. The number of benzene rings is 1. The van der Waals surface area contributed by atoms with E-state index in [-0.39, 0.29) is 0 Å². The van der Waals surface area contributed by atoms with Crippen LogP contribution >= 0.6 is 23.2 Å². The SMILES string of the molecule is C=c1[nH]oc(=O)/c1=C\c1ccc(-c2cc(Cl)ccc2Cl)o1. The molecule has 1 aromatic carbocycles. The van der Waals surface area contributed by atoms with Gasteiger partial charge >= 0.3 is 5.63 Å². The van der Waals surface area contributed by atoms with E-state index in [1.807, 2.05) is 0 Å². The third-order valence-corrected chi connectivity index (χ3v) is 3.48. The van der Waals surface area contributed by atoms with Crippen LogP contribution in [0, 0.1) is 0 Å². The van der Waals surface area contributed by atoms with Gasteiger partial charge in [0.05, 0.1) is 15.6 Å². The lowest BCUT2D eigenvalue weighted by Gasteiger charge is -2.00. The Hall–Kier alpha value is -2.17. The molecule has 0 spiro atoms. The summed E-state index contributed by atoms with van der Waals surface area (Å²) < 4.78 is 10.3. The zero-order valence-corrected chi connectivity index (χ0v) is 12.2. The van der Waals surface area contributed by atoms with Crippen molar-refractivity contribution in [3.8, 4) is 11.3 Å². The van der Waals surface area contributed by atoms with Crippen LogP contribution in [0.2, 0.25) is 10.0 Å². The van der Waals surface area contributed by atoms with Crippen LogP contribution in [0.25, 0.3) is 24.0 Å². The largest absolute Gasteiger partial charge is 0.457 e. The molecule has 0 aliphatic carbocycles. The van der Waals surface area contributed by atoms with Crippen molar-refractivity contribution in [2.24, 2.45) is 0 Å². The molecule has 1 N–H and O–H groups in total. The van der Waals surface area contributed by atoms with E-state index in [0.717, 1.165) is 0 Å². The molecule has 2 heterocycles. The van der Waals surface area contributed by atoms with Gasteiger partial charge in [0.2, 0.25) is 0 Å². The lowest BCUT2D eigenvalue weighted by Crippen LogP contribution is -2.31. The molecular formula is C15H9Cl2NO3. The Bertz CT molecular complexity index is 935. The molecule has 0 bridgehead atoms. The molecule has 0 radical (unpaired) electrons. The molecule has 0 amide bonds. The first-order chi connectivity index (χ1) is 10.0. The molecule has 0 unspecified atom stereocenters. The monoisotopic (exact) mass is 321 g/mol. The highest BCUT2D eigenvalue weighted by molar-refractivity contribution is 6.35. The van der Waals surface area contributed by atoms with E-state index in [1.54, 1.807) is 36.4 Å². The molecule has 3 aromatic rings. The van der Waals surface area contributed by atoms with E-state index < -0.39 is 5.63 Å². The van der Waals surface area contributed by atoms with Gasteiger partial charge in [0.25, 0.3) is 0 Å². The van der Waals surface area contributed by atoms with Crippen molar-refractivity contribution in [1.29, 1.82) is 0 Å². The van der Waals surface area contributed by atoms with Crippen LogP contribution < -0.4 is 16.2 Å². The zero-order chi connectivity index (χ0) is 15.0. The quantitative estimate of drug-likeness (QED) is 0.789. The van der Waals surface area contributed by atoms with Crippen molar-refractivity contribution < 1.29 is 8.94 Å². The summed E-state index contributed by atoms with van der Waals surface area (Å²) in [6.45, 7) is 3.67. The first kappa shape index (κ1) is 13.8. The number of hydrogen-bond donors (Lipinski definition) is 1. The molecule has 0 saturated carbocycles. The smallest absolute Gasteiger partial charge is 0.365 e. The summed E-state index contributed by atoms with van der Waals surface area (Å²) >= 11 is 12.1. The van der Waals surface area contributed by atoms with E-state index in [1.165, 1.54) is 0 Å². The van der Waals surface area contributed by atoms with Crippen molar-refractivity contribution in [2.75, 3.05) is 0 Å². The predicted octanol–water partition coefficient (Wildman–Crippen LogP) is 2.77. The Morgan fingerprint density at radius 1 is 1.19 bits per heavy atom. The van der Waals surface area contributed by atoms with Gasteiger partial charge in [-0.1, -0.05) is 29.8 Å². The highest BCUT2D eigenvalue weighted by Crippen LogP contribution is 2.31. The normalized spacial score (nSPS) is 12.0. The van der Waals surface area contributed by atoms with Gasteiger partial charge in [0.15, 0.2) is 0 Å². The first-order valence-electron chi connectivity index (χ1n) is 5.98. The second-order valence-corrected chi connectivity index (χ2v) is 5.20. The Kier molecular flexibility index (Phi) is 3.49. The lowest BCUT2D eigenvalue weighted by atomic mass is 10.2. The summed E-state index contributed by atoms with van der Waals surface area (Å²) in [6, 6.07) is 8.58. The summed E-state index contributed by atoms with van der Waals surface area (Å²) in [5.74, 6) is 1.04. The Balaban J connectivity index is 2.09. The third-order valence-electron chi connectivity index (χ3n) is 2.92. The first-order valence-corrected chi connectivity index (χ1v) is 6.73. The topological polar surface area (TPSA) is 59.1 Å². The van der Waals surface area contributed by atoms with E-state index in [4.69, 9.17) is 27.6 Å². The van der Waals surface area contributed by atoms with Crippen molar-refractivity contribution in [3.05, 3.63) is 67.1 Å². The number of halogens is 2. The minimum atomic E-state index is -0.501. The molecule has 4 nitrogen and oxygen atoms in total. The number of hydrogen-bond acceptors (Lipinski definition) is 3. The van der Waals surface area contributed by atoms with E-state index in [2.05, 4.69) is 16.3 Å². The molecule has 0 aliphatic rings. The van der Waals surface area contributed by atoms with Crippen molar-refractivity contribution >= 4 is 35.9 Å². The summed E-state index contributed by atoms with van der Waals surface area (Å²) in [4.78, 5) is 11.5. The van der Waals surface area contributed by atoms with Crippen LogP contribution in [0.4, 0.5) is 0 Å². The third kappa shape index (κ3) is 2.68. The number of rotatable bonds is 2. The number of H-pyrrole nitrogens is 1. The number of nitrogens with one attached hydrogen (secondary N) is 1. The van der Waals surface area contributed by atoms with Crippen LogP contribution in [0.5, 0.6) is 0 Å². The van der Waals surface area contributed by atoms with Gasteiger partial charge in [-0.3, -0.25) is 0 Å². The van der Waals surface area contributed by atoms with Crippen LogP contribution in [0.3, 0.4) is 0 Å². The second kappa shape index (κ2) is 5.31. The highest BCUT2D eigenvalue weighted by atomic mass is 35.5. The molecule has 0 saturated heterocycles. The van der Waals surface area contributed by atoms with E-state index >= 15 is 0 Å². The maximum atomic E-state index is 11.5. The summed E-state index contributed by atoms with van der Waals surface area (Å²) in [6.07, 6.45) is 1.55. The van der Waals surface area contributed by atoms with Crippen LogP contribution in [-0.2, 0) is 0 Å². The number of furan rings is 1. The minimum Gasteiger partial charge on any atom is -0.457 e. The fraction of sp³-hybridized carbons (Fsp3) is 0. The maximum Gasteiger partial charge on any atom is 0.365 e. The van der Waals surface area contributed by atoms with Crippen LogP contribution in [0.1, 0.15) is 5.76 Å². The Labute approximate surface area is 128 Å². The van der Waals surface area contributed by atoms with Gasteiger partial charge in [-0.25, -0.2) is 9.95 Å². The van der Waals surface area contributed by atoms with Gasteiger partial charge in [0.1, 0.15) is 11.5 Å². The summed E-state index contributed by atoms with van der Waals surface area (Å²) in [5.41, 5.74) is 0.179. The number of aromatic nitrogens is 1. The van der Waals surface area contributed by atoms with Crippen molar-refractivity contribution in [2.45, 2.75) is 0 Å². The molecule has 106 valence electrons.